The van der Waals surface area contributed by atoms with Gasteiger partial charge in [0.05, 0.1) is 18.0 Å². The first-order valence-corrected chi connectivity index (χ1v) is 18.6. The predicted octanol–water partition coefficient (Wildman–Crippen LogP) is 2.41. The van der Waals surface area contributed by atoms with Crippen molar-refractivity contribution in [3.05, 3.63) is 93.9 Å². The number of hydrogen-bond donors (Lipinski definition) is 6. The third-order valence-corrected chi connectivity index (χ3v) is 10.8. The molecule has 3 atom stereocenters. The average molecular weight is 745 g/mol. The molecule has 2 amide bonds. The molecule has 0 radical (unpaired) electrons. The topological polar surface area (TPSA) is 211 Å². The zero-order valence-electron chi connectivity index (χ0n) is 28.7. The molecule has 4 aliphatic rings. The molecular weight excluding hydrogens is 705 g/mol. The number of aromatic nitrogens is 1. The molecule has 5 heterocycles. The van der Waals surface area contributed by atoms with E-state index in [4.69, 9.17) is 21.0 Å². The Morgan fingerprint density at radius 3 is 2.75 bits per heavy atom. The molecule has 0 saturated carbocycles. The van der Waals surface area contributed by atoms with E-state index in [1.165, 1.54) is 23.8 Å². The number of oxime groups is 1. The van der Waals surface area contributed by atoms with Crippen molar-refractivity contribution in [2.45, 2.75) is 43.8 Å². The summed E-state index contributed by atoms with van der Waals surface area (Å²) in [6.07, 6.45) is 11.8. The highest BCUT2D eigenvalue weighted by molar-refractivity contribution is 8.00. The number of carbonyl (C=O) groups is 3. The zero-order valence-corrected chi connectivity index (χ0v) is 30.3. The van der Waals surface area contributed by atoms with Crippen molar-refractivity contribution in [3.8, 4) is 0 Å². The Labute approximate surface area is 309 Å². The Bertz CT molecular complexity index is 1910. The maximum atomic E-state index is 13.3. The highest BCUT2D eigenvalue weighted by Crippen LogP contribution is 2.40. The lowest BCUT2D eigenvalue weighted by molar-refractivity contribution is -0.150. The summed E-state index contributed by atoms with van der Waals surface area (Å²) in [5.41, 5.74) is 9.53. The van der Waals surface area contributed by atoms with Gasteiger partial charge < -0.3 is 36.5 Å². The third kappa shape index (κ3) is 7.95. The molecule has 0 bridgehead atoms. The van der Waals surface area contributed by atoms with Crippen molar-refractivity contribution in [1.29, 1.82) is 5.41 Å². The van der Waals surface area contributed by atoms with Gasteiger partial charge in [0.1, 0.15) is 35.8 Å². The van der Waals surface area contributed by atoms with E-state index < -0.39 is 29.2 Å². The standard InChI is InChI=1S/C35H40N10O5S2/c1-3-4-7-26-24(12-14-44(26)17-20-8-10-21(11-9-20)30(36)40-23-6-5-13-38-16-23)39-15-22-18-51-33-28(32(47)45(33)29(22)34(48)49)42-31(46)27(43-50-2)25-19-52-35(37)41-25/h3-4,7-12,14,19,23,28,33,38H,5-6,13,15-18H2,1-2H3,(H2,36,40)(H2,37,41)(H,42,46)(H,48,49)/b4-3-,26-7+,39-24+,43-27-/t23?,28-,33-/m1/s1. The lowest BCUT2D eigenvalue weighted by Gasteiger charge is -2.49. The first-order valence-electron chi connectivity index (χ1n) is 16.7. The van der Waals surface area contributed by atoms with Gasteiger partial charge in [-0.15, -0.1) is 23.1 Å². The molecule has 1 aromatic carbocycles. The Morgan fingerprint density at radius 1 is 1.27 bits per heavy atom. The first-order chi connectivity index (χ1) is 25.2. The molecule has 2 saturated heterocycles. The number of anilines is 1. The van der Waals surface area contributed by atoms with E-state index in [1.807, 2.05) is 61.7 Å². The van der Waals surface area contributed by atoms with E-state index in [2.05, 4.69) is 31.0 Å². The summed E-state index contributed by atoms with van der Waals surface area (Å²) in [6.45, 7) is 4.43. The molecule has 17 heteroatoms. The lowest BCUT2D eigenvalue weighted by atomic mass is 10.0. The summed E-state index contributed by atoms with van der Waals surface area (Å²) in [4.78, 5) is 55.9. The van der Waals surface area contributed by atoms with Crippen LogP contribution in [0.1, 0.15) is 36.6 Å². The Kier molecular flexibility index (Phi) is 11.5. The van der Waals surface area contributed by atoms with Gasteiger partial charge in [0, 0.05) is 42.0 Å². The van der Waals surface area contributed by atoms with Crippen LogP contribution in [0.2, 0.25) is 0 Å². The van der Waals surface area contributed by atoms with Gasteiger partial charge in [-0.3, -0.25) is 24.9 Å². The monoisotopic (exact) mass is 744 g/mol. The lowest BCUT2D eigenvalue weighted by Crippen LogP contribution is -2.71. The second-order valence-electron chi connectivity index (χ2n) is 12.3. The average Bonchev–Trinajstić information content (AvgIpc) is 3.75. The zero-order chi connectivity index (χ0) is 36.8. The minimum absolute atomic E-state index is 0.0685. The molecule has 0 spiro atoms. The number of β-lactam (4-membered cyclic amide) rings is 1. The molecule has 2 fully saturated rings. The number of nitrogens with one attached hydrogen (secondary N) is 4. The minimum atomic E-state index is -1.24. The molecule has 7 N–H and O–H groups in total. The van der Waals surface area contributed by atoms with Gasteiger partial charge in [-0.05, 0) is 49.6 Å². The number of carbonyl (C=O) groups excluding carboxylic acids is 2. The Hall–Kier alpha value is -5.26. The number of carboxylic acids is 1. The summed E-state index contributed by atoms with van der Waals surface area (Å²) >= 11 is 2.48. The predicted molar refractivity (Wildman–Crippen MR) is 202 cm³/mol. The number of thioether (sulfide) groups is 1. The molecule has 6 rings (SSSR count). The maximum absolute atomic E-state index is 13.3. The van der Waals surface area contributed by atoms with Gasteiger partial charge in [0.2, 0.25) is 0 Å². The molecule has 1 aromatic heterocycles. The number of amidine groups is 1. The van der Waals surface area contributed by atoms with E-state index in [9.17, 15) is 19.5 Å². The van der Waals surface area contributed by atoms with Crippen LogP contribution in [-0.4, -0.2) is 105 Å². The summed E-state index contributed by atoms with van der Waals surface area (Å²) in [6, 6.07) is 7.22. The number of nitrogen functional groups attached to an aromatic ring is 1. The number of allylic oxidation sites excluding steroid dienone is 4. The number of amides is 2. The van der Waals surface area contributed by atoms with Crippen LogP contribution in [0.5, 0.6) is 0 Å². The van der Waals surface area contributed by atoms with Crippen LogP contribution in [0.4, 0.5) is 5.13 Å². The molecule has 272 valence electrons. The maximum Gasteiger partial charge on any atom is 0.352 e. The number of nitrogens with zero attached hydrogens (tertiary/aromatic N) is 5. The summed E-state index contributed by atoms with van der Waals surface area (Å²) in [7, 11) is 1.28. The molecule has 52 heavy (non-hydrogen) atoms. The number of rotatable bonds is 12. The van der Waals surface area contributed by atoms with Gasteiger partial charge >= 0.3 is 5.97 Å². The van der Waals surface area contributed by atoms with Crippen molar-refractivity contribution < 1.29 is 24.3 Å². The fraction of sp³-hybridized carbons (Fsp3) is 0.343. The number of thiazole rings is 1. The molecule has 2 aromatic rings. The second-order valence-corrected chi connectivity index (χ2v) is 14.3. The number of fused-ring (bicyclic) bond motifs is 1. The van der Waals surface area contributed by atoms with Gasteiger partial charge in [-0.1, -0.05) is 41.6 Å². The van der Waals surface area contributed by atoms with E-state index >= 15 is 0 Å². The highest BCUT2D eigenvalue weighted by Gasteiger charge is 2.54. The fourth-order valence-electron chi connectivity index (χ4n) is 6.24. The van der Waals surface area contributed by atoms with E-state index in [0.29, 0.717) is 29.4 Å². The van der Waals surface area contributed by atoms with Crippen LogP contribution >= 0.6 is 23.1 Å². The van der Waals surface area contributed by atoms with Crippen LogP contribution in [0.15, 0.2) is 87.3 Å². The van der Waals surface area contributed by atoms with Crippen LogP contribution in [0.25, 0.3) is 0 Å². The van der Waals surface area contributed by atoms with Crippen molar-refractivity contribution in [2.75, 3.05) is 38.2 Å². The quantitative estimate of drug-likeness (QED) is 0.0805. The van der Waals surface area contributed by atoms with E-state index in [0.717, 1.165) is 54.1 Å². The summed E-state index contributed by atoms with van der Waals surface area (Å²) < 4.78 is 0. The number of benzene rings is 1. The number of aliphatic carboxylic acids is 1. The van der Waals surface area contributed by atoms with Gasteiger partial charge in [0.25, 0.3) is 11.8 Å². The number of aliphatic imine (C=N–C) groups is 1. The van der Waals surface area contributed by atoms with Gasteiger partial charge in [-0.2, -0.15) is 0 Å². The largest absolute Gasteiger partial charge is 0.477 e. The van der Waals surface area contributed by atoms with Crippen molar-refractivity contribution >= 4 is 63.3 Å². The van der Waals surface area contributed by atoms with Gasteiger partial charge in [0.15, 0.2) is 10.8 Å². The SMILES string of the molecule is C\C=C/C=C1\C(=N\CC2=C(C(=O)O)N3C(=O)[C@@H](NC(=O)/C(=N\OC)c4csc(N)n4)[C@H]3SC2)C=CN1Cc1ccc(C(=N)NC2CCCNC2)cc1. The smallest absolute Gasteiger partial charge is 0.352 e. The first kappa shape index (κ1) is 36.5. The van der Waals surface area contributed by atoms with Crippen molar-refractivity contribution in [3.63, 3.8) is 0 Å². The number of carboxylic acid groups (broad SMARTS) is 1. The van der Waals surface area contributed by atoms with E-state index in [-0.39, 0.29) is 34.8 Å². The molecule has 1 unspecified atom stereocenters. The third-order valence-electron chi connectivity index (χ3n) is 8.81. The van der Waals surface area contributed by atoms with Crippen LogP contribution in [-0.2, 0) is 25.8 Å². The van der Waals surface area contributed by atoms with Gasteiger partial charge in [-0.25, -0.2) is 9.78 Å². The van der Waals surface area contributed by atoms with E-state index in [1.54, 1.807) is 5.38 Å². The van der Waals surface area contributed by atoms with Crippen LogP contribution in [0.3, 0.4) is 0 Å². The Balaban J connectivity index is 1.12. The second kappa shape index (κ2) is 16.4. The minimum Gasteiger partial charge on any atom is -0.477 e. The summed E-state index contributed by atoms with van der Waals surface area (Å²) in [5, 5.41) is 33.0. The fourth-order valence-corrected chi connectivity index (χ4v) is 8.12. The molecule has 0 aliphatic carbocycles. The summed E-state index contributed by atoms with van der Waals surface area (Å²) in [5.74, 6) is -1.77. The highest BCUT2D eigenvalue weighted by atomic mass is 32.2. The molecular formula is C35H40N10O5S2. The number of piperidine rings is 1. The van der Waals surface area contributed by atoms with Crippen LogP contribution < -0.4 is 21.7 Å². The van der Waals surface area contributed by atoms with Crippen molar-refractivity contribution in [1.82, 2.24) is 30.7 Å². The normalized spacial score (nSPS) is 23.3. The van der Waals surface area contributed by atoms with Crippen LogP contribution in [0, 0.1) is 5.41 Å². The molecule has 4 aliphatic heterocycles. The Morgan fingerprint density at radius 2 is 2.08 bits per heavy atom. The number of nitrogens with two attached hydrogens (primary N) is 1. The van der Waals surface area contributed by atoms with Crippen molar-refractivity contribution in [2.24, 2.45) is 10.1 Å². The number of hydrogen-bond acceptors (Lipinski definition) is 13. The molecule has 15 nitrogen and oxygen atoms in total.